The van der Waals surface area contributed by atoms with Gasteiger partial charge in [0.25, 0.3) is 0 Å². The molecular weight excluding hydrogens is 322 g/mol. The minimum absolute atomic E-state index is 0.116. The molecule has 3 rings (SSSR count). The van der Waals surface area contributed by atoms with Crippen molar-refractivity contribution in [2.75, 3.05) is 20.1 Å². The number of carbonyl (C=O) groups is 2. The van der Waals surface area contributed by atoms with Gasteiger partial charge in [-0.05, 0) is 32.6 Å². The average Bonchev–Trinajstić information content (AvgIpc) is 3.25. The average molecular weight is 350 g/mol. The number of aromatic nitrogens is 1. The number of carbonyl (C=O) groups excluding carboxylic acids is 2. The lowest BCUT2D eigenvalue weighted by molar-refractivity contribution is -0.147. The highest BCUT2D eigenvalue weighted by Gasteiger charge is 2.39. The number of hydrogen-bond acceptors (Lipinski definition) is 4. The van der Waals surface area contributed by atoms with Crippen LogP contribution in [-0.4, -0.2) is 46.7 Å². The number of amides is 2. The Morgan fingerprint density at radius 2 is 1.88 bits per heavy atom. The van der Waals surface area contributed by atoms with Crippen molar-refractivity contribution in [1.82, 2.24) is 14.8 Å². The fourth-order valence-corrected chi connectivity index (χ4v) is 4.82. The molecule has 6 heteroatoms. The first-order chi connectivity index (χ1) is 11.6. The lowest BCUT2D eigenvalue weighted by Crippen LogP contribution is -2.45. The molecule has 0 N–H and O–H groups in total. The predicted molar refractivity (Wildman–Crippen MR) is 94.6 cm³/mol. The molecule has 0 bridgehead atoms. The fourth-order valence-electron chi connectivity index (χ4n) is 3.97. The Morgan fingerprint density at radius 1 is 1.21 bits per heavy atom. The number of hydrogen-bond donors (Lipinski definition) is 0. The Hall–Kier alpha value is -1.43. The zero-order valence-corrected chi connectivity index (χ0v) is 15.5. The van der Waals surface area contributed by atoms with Gasteiger partial charge in [0.15, 0.2) is 0 Å². The lowest BCUT2D eigenvalue weighted by Gasteiger charge is -2.34. The summed E-state index contributed by atoms with van der Waals surface area (Å²) in [6.07, 6.45) is 7.86. The van der Waals surface area contributed by atoms with Crippen molar-refractivity contribution in [2.45, 2.75) is 52.0 Å². The van der Waals surface area contributed by atoms with E-state index in [1.165, 1.54) is 0 Å². The van der Waals surface area contributed by atoms with E-state index < -0.39 is 0 Å². The largest absolute Gasteiger partial charge is 0.342 e. The van der Waals surface area contributed by atoms with Crippen molar-refractivity contribution in [3.63, 3.8) is 0 Å². The molecule has 0 spiro atoms. The summed E-state index contributed by atoms with van der Waals surface area (Å²) in [6.45, 7) is 4.30. The van der Waals surface area contributed by atoms with Gasteiger partial charge in [-0.25, -0.2) is 4.98 Å². The highest BCUT2D eigenvalue weighted by Crippen LogP contribution is 2.34. The third-order valence-corrected chi connectivity index (χ3v) is 6.15. The molecule has 0 unspecified atom stereocenters. The second-order valence-electron chi connectivity index (χ2n) is 7.07. The molecule has 1 aromatic rings. The maximum atomic E-state index is 13.0. The Morgan fingerprint density at radius 3 is 2.50 bits per heavy atom. The highest BCUT2D eigenvalue weighted by atomic mass is 32.1. The molecule has 1 aromatic heterocycles. The topological polar surface area (TPSA) is 53.5 Å². The van der Waals surface area contributed by atoms with Gasteiger partial charge in [0.1, 0.15) is 0 Å². The van der Waals surface area contributed by atoms with Gasteiger partial charge in [0, 0.05) is 43.0 Å². The van der Waals surface area contributed by atoms with Gasteiger partial charge in [-0.3, -0.25) is 9.59 Å². The molecule has 2 heterocycles. The summed E-state index contributed by atoms with van der Waals surface area (Å²) in [5.41, 5.74) is 0. The Kier molecular flexibility index (Phi) is 5.54. The van der Waals surface area contributed by atoms with Crippen molar-refractivity contribution in [1.29, 1.82) is 0 Å². The molecule has 132 valence electrons. The number of nitrogens with zero attached hydrogens (tertiary/aromatic N) is 3. The van der Waals surface area contributed by atoms with Crippen LogP contribution < -0.4 is 0 Å². The van der Waals surface area contributed by atoms with Crippen molar-refractivity contribution in [3.05, 3.63) is 16.1 Å². The van der Waals surface area contributed by atoms with Crippen molar-refractivity contribution >= 4 is 23.2 Å². The van der Waals surface area contributed by atoms with E-state index in [0.29, 0.717) is 6.54 Å². The van der Waals surface area contributed by atoms with E-state index in [1.54, 1.807) is 16.2 Å². The van der Waals surface area contributed by atoms with Gasteiger partial charge in [0.2, 0.25) is 11.8 Å². The summed E-state index contributed by atoms with van der Waals surface area (Å²) in [6, 6.07) is 0. The summed E-state index contributed by atoms with van der Waals surface area (Å²) >= 11 is 1.63. The van der Waals surface area contributed by atoms with Crippen LogP contribution in [0.25, 0.3) is 0 Å². The van der Waals surface area contributed by atoms with Crippen LogP contribution in [0.4, 0.5) is 0 Å². The minimum Gasteiger partial charge on any atom is -0.342 e. The molecule has 1 aliphatic carbocycles. The first-order valence-electron chi connectivity index (χ1n) is 9.01. The van der Waals surface area contributed by atoms with Gasteiger partial charge >= 0.3 is 0 Å². The van der Waals surface area contributed by atoms with Gasteiger partial charge in [-0.1, -0.05) is 12.8 Å². The maximum Gasteiger partial charge on any atom is 0.226 e. The molecule has 1 saturated heterocycles. The number of likely N-dealkylation sites (tertiary alicyclic amines) is 1. The highest BCUT2D eigenvalue weighted by molar-refractivity contribution is 7.11. The molecule has 1 saturated carbocycles. The molecule has 2 amide bonds. The van der Waals surface area contributed by atoms with Crippen LogP contribution in [-0.2, 0) is 16.1 Å². The summed E-state index contributed by atoms with van der Waals surface area (Å²) in [7, 11) is 1.85. The Balaban J connectivity index is 1.67. The molecule has 5 nitrogen and oxygen atoms in total. The second kappa shape index (κ2) is 7.64. The van der Waals surface area contributed by atoms with Crippen LogP contribution >= 0.6 is 11.3 Å². The molecule has 0 aromatic carbocycles. The lowest BCUT2D eigenvalue weighted by atomic mass is 9.77. The normalized spacial score (nSPS) is 24.2. The van der Waals surface area contributed by atoms with Crippen LogP contribution in [0, 0.1) is 18.8 Å². The van der Waals surface area contributed by atoms with Crippen molar-refractivity contribution in [2.24, 2.45) is 11.8 Å². The molecule has 1 aliphatic heterocycles. The van der Waals surface area contributed by atoms with E-state index in [0.717, 1.165) is 61.5 Å². The first-order valence-corrected chi connectivity index (χ1v) is 9.83. The van der Waals surface area contributed by atoms with Crippen LogP contribution in [0.1, 0.15) is 48.4 Å². The van der Waals surface area contributed by atoms with E-state index in [2.05, 4.69) is 4.98 Å². The monoisotopic (exact) mass is 349 g/mol. The van der Waals surface area contributed by atoms with Gasteiger partial charge in [-0.2, -0.15) is 0 Å². The zero-order chi connectivity index (χ0) is 17.1. The molecular formula is C18H27N3O2S. The third-order valence-electron chi connectivity index (χ3n) is 5.26. The first kappa shape index (κ1) is 17.4. The smallest absolute Gasteiger partial charge is 0.226 e. The zero-order valence-electron chi connectivity index (χ0n) is 14.7. The molecule has 0 radical (unpaired) electrons. The van der Waals surface area contributed by atoms with Gasteiger partial charge < -0.3 is 9.80 Å². The summed E-state index contributed by atoms with van der Waals surface area (Å²) < 4.78 is 0. The second-order valence-corrected chi connectivity index (χ2v) is 8.39. The van der Waals surface area contributed by atoms with Crippen LogP contribution in [0.3, 0.4) is 0 Å². The van der Waals surface area contributed by atoms with Gasteiger partial charge in [-0.15, -0.1) is 11.3 Å². The number of aryl methyl sites for hydroxylation is 1. The Labute approximate surface area is 148 Å². The third kappa shape index (κ3) is 3.79. The van der Waals surface area contributed by atoms with Crippen LogP contribution in [0.2, 0.25) is 0 Å². The molecule has 2 aliphatic rings. The van der Waals surface area contributed by atoms with E-state index in [4.69, 9.17) is 0 Å². The van der Waals surface area contributed by atoms with E-state index in [-0.39, 0.29) is 23.7 Å². The van der Waals surface area contributed by atoms with Crippen molar-refractivity contribution in [3.8, 4) is 0 Å². The summed E-state index contributed by atoms with van der Waals surface area (Å²) in [5, 5.41) is 1.02. The summed E-state index contributed by atoms with van der Waals surface area (Å²) in [4.78, 5) is 34.9. The maximum absolute atomic E-state index is 13.0. The van der Waals surface area contributed by atoms with E-state index >= 15 is 0 Å². The van der Waals surface area contributed by atoms with Crippen LogP contribution in [0.15, 0.2) is 6.20 Å². The SMILES string of the molecule is Cc1ncc(CN(C)C(=O)[C@@H]2CCCC[C@@H]2C(=O)N2CCCC2)s1. The Bertz CT molecular complexity index is 595. The molecule has 2 fully saturated rings. The minimum atomic E-state index is -0.147. The van der Waals surface area contributed by atoms with Gasteiger partial charge in [0.05, 0.1) is 11.6 Å². The van der Waals surface area contributed by atoms with E-state index in [1.807, 2.05) is 25.1 Å². The number of thiazole rings is 1. The fraction of sp³-hybridized carbons (Fsp3) is 0.722. The quantitative estimate of drug-likeness (QED) is 0.840. The standard InChI is InChI=1S/C18H27N3O2S/c1-13-19-11-14(24-13)12-20(2)17(22)15-7-3-4-8-16(15)18(23)21-9-5-6-10-21/h11,15-16H,3-10,12H2,1-2H3/t15-,16+/m1/s1. The summed E-state index contributed by atoms with van der Waals surface area (Å²) in [5.74, 6) is 0.0757. The molecule has 2 atom stereocenters. The van der Waals surface area contributed by atoms with E-state index in [9.17, 15) is 9.59 Å². The number of rotatable bonds is 4. The molecule has 24 heavy (non-hydrogen) atoms. The predicted octanol–water partition coefficient (Wildman–Crippen LogP) is 2.84. The van der Waals surface area contributed by atoms with Crippen molar-refractivity contribution < 1.29 is 9.59 Å². The van der Waals surface area contributed by atoms with Crippen LogP contribution in [0.5, 0.6) is 0 Å².